The number of carbonyl (C=O) groups is 2. The molecule has 0 spiro atoms. The minimum atomic E-state index is -3.84. The van der Waals surface area contributed by atoms with E-state index in [2.05, 4.69) is 5.32 Å². The normalized spacial score (nSPS) is 16.6. The molecule has 2 aromatic rings. The Hall–Kier alpha value is -2.91. The molecule has 1 fully saturated rings. The zero-order valence-corrected chi connectivity index (χ0v) is 20.8. The summed E-state index contributed by atoms with van der Waals surface area (Å²) < 4.78 is 33.5. The van der Waals surface area contributed by atoms with E-state index in [9.17, 15) is 18.0 Å². The second-order valence-electron chi connectivity index (χ2n) is 8.40. The van der Waals surface area contributed by atoms with E-state index in [0.717, 1.165) is 24.8 Å². The van der Waals surface area contributed by atoms with Crippen molar-refractivity contribution < 1.29 is 22.7 Å². The molecule has 3 rings (SSSR count). The van der Waals surface area contributed by atoms with Gasteiger partial charge in [-0.2, -0.15) is 4.31 Å². The first kappa shape index (κ1) is 25.7. The Morgan fingerprint density at radius 3 is 2.53 bits per heavy atom. The fraction of sp³-hybridized carbons (Fsp3) is 0.440. The van der Waals surface area contributed by atoms with E-state index in [0.29, 0.717) is 19.6 Å². The number of ether oxygens (including phenoxy) is 1. The maximum Gasteiger partial charge on any atom is 0.251 e. The lowest BCUT2D eigenvalue weighted by Crippen LogP contribution is -2.42. The molecule has 0 radical (unpaired) electrons. The number of methoxy groups -OCH3 is 1. The van der Waals surface area contributed by atoms with Crippen LogP contribution >= 0.6 is 0 Å². The number of hydrogen-bond acceptors (Lipinski definition) is 5. The molecule has 8 nitrogen and oxygen atoms in total. The third-order valence-electron chi connectivity index (χ3n) is 6.11. The molecule has 0 saturated carbocycles. The lowest BCUT2D eigenvalue weighted by molar-refractivity contribution is -0.130. The van der Waals surface area contributed by atoms with Crippen LogP contribution in [0.15, 0.2) is 53.4 Å². The highest BCUT2D eigenvalue weighted by Gasteiger charge is 2.33. The third kappa shape index (κ3) is 5.95. The van der Waals surface area contributed by atoms with Gasteiger partial charge in [0.2, 0.25) is 15.9 Å². The highest BCUT2D eigenvalue weighted by molar-refractivity contribution is 7.89. The van der Waals surface area contributed by atoms with Crippen molar-refractivity contribution in [1.82, 2.24) is 14.5 Å². The van der Waals surface area contributed by atoms with Crippen LogP contribution < -0.4 is 10.1 Å². The van der Waals surface area contributed by atoms with Crippen LogP contribution in [0.4, 0.5) is 0 Å². The summed E-state index contributed by atoms with van der Waals surface area (Å²) >= 11 is 0. The summed E-state index contributed by atoms with van der Waals surface area (Å²) in [6.07, 6.45) is 2.58. The predicted octanol–water partition coefficient (Wildman–Crippen LogP) is 3.04. The summed E-state index contributed by atoms with van der Waals surface area (Å²) in [6, 6.07) is 13.8. The number of carbonyl (C=O) groups excluding carboxylic acids is 2. The fourth-order valence-electron chi connectivity index (χ4n) is 4.12. The van der Waals surface area contributed by atoms with Gasteiger partial charge in [0.25, 0.3) is 5.91 Å². The molecule has 0 aromatic heterocycles. The van der Waals surface area contributed by atoms with E-state index in [1.54, 1.807) is 4.90 Å². The number of piperidine rings is 1. The molecule has 1 saturated heterocycles. The molecule has 1 unspecified atom stereocenters. The zero-order valence-electron chi connectivity index (χ0n) is 20.0. The second-order valence-corrected chi connectivity index (χ2v) is 10.3. The summed E-state index contributed by atoms with van der Waals surface area (Å²) in [5.41, 5.74) is 1.16. The summed E-state index contributed by atoms with van der Waals surface area (Å²) in [5, 5.41) is 2.62. The Kier molecular flexibility index (Phi) is 8.68. The number of nitrogens with one attached hydrogen (secondary N) is 1. The van der Waals surface area contributed by atoms with Crippen molar-refractivity contribution in [3.05, 3.63) is 59.7 Å². The van der Waals surface area contributed by atoms with E-state index in [1.807, 2.05) is 44.2 Å². The van der Waals surface area contributed by atoms with Crippen molar-refractivity contribution in [1.29, 1.82) is 0 Å². The molecule has 1 atom stereocenters. The number of sulfonamides is 1. The van der Waals surface area contributed by atoms with Crippen LogP contribution in [-0.4, -0.2) is 62.2 Å². The van der Waals surface area contributed by atoms with E-state index in [1.165, 1.54) is 29.6 Å². The van der Waals surface area contributed by atoms with Crippen molar-refractivity contribution >= 4 is 21.8 Å². The van der Waals surface area contributed by atoms with Crippen molar-refractivity contribution in [2.45, 2.75) is 50.6 Å². The van der Waals surface area contributed by atoms with Gasteiger partial charge in [-0.25, -0.2) is 8.42 Å². The average molecular weight is 488 g/mol. The van der Waals surface area contributed by atoms with Crippen LogP contribution in [0, 0.1) is 0 Å². The van der Waals surface area contributed by atoms with Crippen molar-refractivity contribution in [3.63, 3.8) is 0 Å². The molecular weight excluding hydrogens is 454 g/mol. The van der Waals surface area contributed by atoms with Gasteiger partial charge in [-0.3, -0.25) is 9.59 Å². The largest absolute Gasteiger partial charge is 0.495 e. The first-order chi connectivity index (χ1) is 16.3. The Morgan fingerprint density at radius 2 is 1.88 bits per heavy atom. The van der Waals surface area contributed by atoms with Crippen LogP contribution in [0.5, 0.6) is 5.75 Å². The SMILES string of the molecule is CCN(Cc1ccccc1)C(=O)CNC(=O)c1ccc(OC)c(S(=O)(=O)N2CCCCC2C)c1. The Balaban J connectivity index is 1.73. The molecule has 0 aliphatic carbocycles. The summed E-state index contributed by atoms with van der Waals surface area (Å²) in [4.78, 5) is 27.1. The molecule has 1 heterocycles. The highest BCUT2D eigenvalue weighted by atomic mass is 32.2. The smallest absolute Gasteiger partial charge is 0.251 e. The average Bonchev–Trinajstić information content (AvgIpc) is 2.86. The molecule has 0 bridgehead atoms. The van der Waals surface area contributed by atoms with Gasteiger partial charge in [0.05, 0.1) is 13.7 Å². The predicted molar refractivity (Wildman–Crippen MR) is 130 cm³/mol. The number of benzene rings is 2. The monoisotopic (exact) mass is 487 g/mol. The molecule has 184 valence electrons. The van der Waals surface area contributed by atoms with Crippen molar-refractivity contribution in [2.75, 3.05) is 26.7 Å². The fourth-order valence-corrected chi connectivity index (χ4v) is 6.01. The first-order valence-electron chi connectivity index (χ1n) is 11.6. The van der Waals surface area contributed by atoms with Gasteiger partial charge in [0, 0.05) is 31.2 Å². The van der Waals surface area contributed by atoms with Crippen LogP contribution in [0.25, 0.3) is 0 Å². The molecular formula is C25H33N3O5S. The molecule has 1 aliphatic heterocycles. The molecule has 9 heteroatoms. The van der Waals surface area contributed by atoms with E-state index in [-0.39, 0.29) is 34.7 Å². The maximum absolute atomic E-state index is 13.4. The van der Waals surface area contributed by atoms with Crippen LogP contribution in [0.2, 0.25) is 0 Å². The zero-order chi connectivity index (χ0) is 24.7. The molecule has 1 aliphatic rings. The maximum atomic E-state index is 13.4. The lowest BCUT2D eigenvalue weighted by atomic mass is 10.1. The third-order valence-corrected chi connectivity index (χ3v) is 8.14. The lowest BCUT2D eigenvalue weighted by Gasteiger charge is -2.32. The standard InChI is InChI=1S/C25H33N3O5S/c1-4-27(18-20-11-6-5-7-12-20)24(29)17-26-25(30)21-13-14-22(33-3)23(16-21)34(31,32)28-15-9-8-10-19(28)2/h5-7,11-14,16,19H,4,8-10,15,17-18H2,1-3H3,(H,26,30). The first-order valence-corrected chi connectivity index (χ1v) is 13.0. The Labute approximate surface area is 201 Å². The molecule has 2 aromatic carbocycles. The second kappa shape index (κ2) is 11.5. The van der Waals surface area contributed by atoms with Gasteiger partial charge in [-0.1, -0.05) is 36.8 Å². The number of rotatable bonds is 9. The van der Waals surface area contributed by atoms with Crippen molar-refractivity contribution in [3.8, 4) is 5.75 Å². The molecule has 2 amide bonds. The topological polar surface area (TPSA) is 96.0 Å². The van der Waals surface area contributed by atoms with E-state index >= 15 is 0 Å². The minimum absolute atomic E-state index is 0.0398. The molecule has 34 heavy (non-hydrogen) atoms. The summed E-state index contributed by atoms with van der Waals surface area (Å²) in [5.74, 6) is -0.552. The van der Waals surface area contributed by atoms with Gasteiger partial charge in [-0.15, -0.1) is 0 Å². The summed E-state index contributed by atoms with van der Waals surface area (Å²) in [6.45, 7) is 4.97. The number of nitrogens with zero attached hydrogens (tertiary/aromatic N) is 2. The number of amides is 2. The van der Waals surface area contributed by atoms with E-state index in [4.69, 9.17) is 4.74 Å². The van der Waals surface area contributed by atoms with Crippen LogP contribution in [-0.2, 0) is 21.4 Å². The number of hydrogen-bond donors (Lipinski definition) is 1. The quantitative estimate of drug-likeness (QED) is 0.587. The van der Waals surface area contributed by atoms with Gasteiger partial charge in [-0.05, 0) is 50.5 Å². The van der Waals surface area contributed by atoms with Gasteiger partial charge in [0.1, 0.15) is 10.6 Å². The highest BCUT2D eigenvalue weighted by Crippen LogP contribution is 2.31. The van der Waals surface area contributed by atoms with Gasteiger partial charge < -0.3 is 15.0 Å². The van der Waals surface area contributed by atoms with Gasteiger partial charge >= 0.3 is 0 Å². The summed E-state index contributed by atoms with van der Waals surface area (Å²) in [7, 11) is -2.44. The Morgan fingerprint density at radius 1 is 1.15 bits per heavy atom. The minimum Gasteiger partial charge on any atom is -0.495 e. The van der Waals surface area contributed by atoms with Gasteiger partial charge in [0.15, 0.2) is 0 Å². The van der Waals surface area contributed by atoms with Crippen LogP contribution in [0.3, 0.4) is 0 Å². The van der Waals surface area contributed by atoms with E-state index < -0.39 is 15.9 Å². The Bertz CT molecular complexity index is 1100. The van der Waals surface area contributed by atoms with Crippen molar-refractivity contribution in [2.24, 2.45) is 0 Å². The van der Waals surface area contributed by atoms with Crippen LogP contribution in [0.1, 0.15) is 49.0 Å². The number of likely N-dealkylation sites (N-methyl/N-ethyl adjacent to an activating group) is 1. The molecule has 1 N–H and O–H groups in total.